The number of halogens is 1. The van der Waals surface area contributed by atoms with E-state index in [1.807, 2.05) is 6.07 Å². The summed E-state index contributed by atoms with van der Waals surface area (Å²) < 4.78 is 13.1. The van der Waals surface area contributed by atoms with Gasteiger partial charge in [0, 0.05) is 17.3 Å². The van der Waals surface area contributed by atoms with Gasteiger partial charge in [-0.2, -0.15) is 0 Å². The molecule has 1 N–H and O–H groups in total. The van der Waals surface area contributed by atoms with E-state index < -0.39 is 0 Å². The summed E-state index contributed by atoms with van der Waals surface area (Å²) in [5, 5.41) is 9.87. The van der Waals surface area contributed by atoms with E-state index >= 15 is 0 Å². The molecule has 2 heterocycles. The van der Waals surface area contributed by atoms with Gasteiger partial charge >= 0.3 is 0 Å². The topological polar surface area (TPSA) is 36.4 Å². The van der Waals surface area contributed by atoms with Crippen LogP contribution in [0.4, 0.5) is 4.39 Å². The number of aliphatic hydroxyl groups is 1. The van der Waals surface area contributed by atoms with E-state index in [0.717, 1.165) is 42.8 Å². The van der Waals surface area contributed by atoms with Gasteiger partial charge in [-0.05, 0) is 74.8 Å². The monoisotopic (exact) mass is 300 g/mol. The van der Waals surface area contributed by atoms with Gasteiger partial charge in [0.15, 0.2) is 0 Å². The van der Waals surface area contributed by atoms with Crippen LogP contribution in [0.15, 0.2) is 36.5 Å². The van der Waals surface area contributed by atoms with E-state index in [1.54, 1.807) is 18.3 Å². The smallest absolute Gasteiger partial charge is 0.123 e. The molecule has 0 amide bonds. The van der Waals surface area contributed by atoms with Crippen LogP contribution in [0.3, 0.4) is 0 Å². The fourth-order valence-electron chi connectivity index (χ4n) is 3.23. The van der Waals surface area contributed by atoms with E-state index in [9.17, 15) is 9.50 Å². The minimum absolute atomic E-state index is 0.0395. The van der Waals surface area contributed by atoms with Crippen LogP contribution in [-0.2, 0) is 6.61 Å². The summed E-state index contributed by atoms with van der Waals surface area (Å²) in [5.74, 6) is 0.196. The number of nitrogens with zero attached hydrogens (tertiary/aromatic N) is 2. The lowest BCUT2D eigenvalue weighted by molar-refractivity contribution is 0.249. The summed E-state index contributed by atoms with van der Waals surface area (Å²) >= 11 is 0. The molecule has 22 heavy (non-hydrogen) atoms. The second-order valence-corrected chi connectivity index (χ2v) is 5.97. The Labute approximate surface area is 130 Å². The van der Waals surface area contributed by atoms with E-state index in [0.29, 0.717) is 5.92 Å². The number of hydrogen-bond donors (Lipinski definition) is 1. The fraction of sp³-hybridized carbons (Fsp3) is 0.389. The van der Waals surface area contributed by atoms with Gasteiger partial charge < -0.3 is 10.0 Å². The molecule has 1 fully saturated rings. The third kappa shape index (κ3) is 3.03. The first-order chi connectivity index (χ1) is 10.7. The summed E-state index contributed by atoms with van der Waals surface area (Å²) in [6, 6.07) is 8.32. The zero-order valence-electron chi connectivity index (χ0n) is 12.8. The predicted octanol–water partition coefficient (Wildman–Crippen LogP) is 3.19. The van der Waals surface area contributed by atoms with Crippen molar-refractivity contribution in [2.45, 2.75) is 25.4 Å². The molecule has 0 saturated carbocycles. The highest BCUT2D eigenvalue weighted by atomic mass is 19.1. The molecule has 1 saturated heterocycles. The van der Waals surface area contributed by atoms with Gasteiger partial charge in [0.05, 0.1) is 12.3 Å². The van der Waals surface area contributed by atoms with E-state index in [1.165, 1.54) is 17.7 Å². The molecule has 3 rings (SSSR count). The van der Waals surface area contributed by atoms with Gasteiger partial charge in [-0.25, -0.2) is 4.39 Å². The summed E-state index contributed by atoms with van der Waals surface area (Å²) in [5.41, 5.74) is 3.67. The normalized spacial score (nSPS) is 16.9. The molecule has 1 aromatic heterocycles. The molecule has 1 aliphatic heterocycles. The molecule has 2 aromatic rings. The maximum Gasteiger partial charge on any atom is 0.123 e. The second kappa shape index (κ2) is 6.55. The van der Waals surface area contributed by atoms with Crippen LogP contribution in [0, 0.1) is 5.82 Å². The third-order valence-corrected chi connectivity index (χ3v) is 4.53. The van der Waals surface area contributed by atoms with Crippen LogP contribution >= 0.6 is 0 Å². The Morgan fingerprint density at radius 1 is 1.18 bits per heavy atom. The molecule has 0 bridgehead atoms. The Morgan fingerprint density at radius 2 is 1.86 bits per heavy atom. The lowest BCUT2D eigenvalue weighted by Crippen LogP contribution is -2.29. The minimum Gasteiger partial charge on any atom is -0.392 e. The first-order valence-corrected chi connectivity index (χ1v) is 7.72. The van der Waals surface area contributed by atoms with Crippen LogP contribution in [0.5, 0.6) is 0 Å². The average molecular weight is 300 g/mol. The Bertz CT molecular complexity index is 634. The number of pyridine rings is 1. The standard InChI is InChI=1S/C18H21FN2O/c1-21-10-7-13(8-11-21)16-6-9-20-18(17(16)12-22)14-2-4-15(19)5-3-14/h2-6,9,13,22H,7-8,10-12H2,1H3. The Morgan fingerprint density at radius 3 is 2.50 bits per heavy atom. The number of rotatable bonds is 3. The number of aromatic nitrogens is 1. The van der Waals surface area contributed by atoms with Crippen LogP contribution in [0.25, 0.3) is 11.3 Å². The van der Waals surface area contributed by atoms with E-state index in [-0.39, 0.29) is 12.4 Å². The van der Waals surface area contributed by atoms with Crippen LogP contribution in [-0.4, -0.2) is 35.1 Å². The number of hydrogen-bond acceptors (Lipinski definition) is 3. The number of benzene rings is 1. The highest BCUT2D eigenvalue weighted by molar-refractivity contribution is 5.64. The average Bonchev–Trinajstić information content (AvgIpc) is 2.55. The summed E-state index contributed by atoms with van der Waals surface area (Å²) in [6.45, 7) is 2.11. The van der Waals surface area contributed by atoms with Crippen molar-refractivity contribution in [1.82, 2.24) is 9.88 Å². The van der Waals surface area contributed by atoms with Gasteiger partial charge in [-0.15, -0.1) is 0 Å². The lowest BCUT2D eigenvalue weighted by Gasteiger charge is -2.30. The van der Waals surface area contributed by atoms with Crippen LogP contribution < -0.4 is 0 Å². The van der Waals surface area contributed by atoms with Crippen molar-refractivity contribution in [2.75, 3.05) is 20.1 Å². The van der Waals surface area contributed by atoms with Gasteiger partial charge in [-0.1, -0.05) is 0 Å². The zero-order valence-corrected chi connectivity index (χ0v) is 12.8. The van der Waals surface area contributed by atoms with E-state index in [2.05, 4.69) is 16.9 Å². The summed E-state index contributed by atoms with van der Waals surface area (Å²) in [6.07, 6.45) is 3.98. The second-order valence-electron chi connectivity index (χ2n) is 5.97. The van der Waals surface area contributed by atoms with Crippen molar-refractivity contribution < 1.29 is 9.50 Å². The molecular formula is C18H21FN2O. The number of aliphatic hydroxyl groups excluding tert-OH is 1. The molecule has 116 valence electrons. The van der Waals surface area contributed by atoms with Crippen molar-refractivity contribution in [3.8, 4) is 11.3 Å². The van der Waals surface area contributed by atoms with E-state index in [4.69, 9.17) is 0 Å². The van der Waals surface area contributed by atoms with Crippen molar-refractivity contribution >= 4 is 0 Å². The van der Waals surface area contributed by atoms with Gasteiger partial charge in [-0.3, -0.25) is 4.98 Å². The first kappa shape index (κ1) is 15.1. The highest BCUT2D eigenvalue weighted by Crippen LogP contribution is 2.34. The van der Waals surface area contributed by atoms with Crippen molar-refractivity contribution in [3.05, 3.63) is 53.5 Å². The molecule has 4 heteroatoms. The molecule has 0 unspecified atom stereocenters. The molecule has 1 aromatic carbocycles. The summed E-state index contributed by atoms with van der Waals surface area (Å²) in [7, 11) is 2.14. The van der Waals surface area contributed by atoms with Crippen molar-refractivity contribution in [2.24, 2.45) is 0 Å². The summed E-state index contributed by atoms with van der Waals surface area (Å²) in [4.78, 5) is 6.76. The Balaban J connectivity index is 1.98. The molecular weight excluding hydrogens is 279 g/mol. The first-order valence-electron chi connectivity index (χ1n) is 7.72. The molecule has 0 atom stereocenters. The maximum atomic E-state index is 13.1. The third-order valence-electron chi connectivity index (χ3n) is 4.53. The number of piperidine rings is 1. The SMILES string of the molecule is CN1CCC(c2ccnc(-c3ccc(F)cc3)c2CO)CC1. The highest BCUT2D eigenvalue weighted by Gasteiger charge is 2.22. The Kier molecular flexibility index (Phi) is 4.50. The lowest BCUT2D eigenvalue weighted by atomic mass is 9.86. The van der Waals surface area contributed by atoms with Crippen LogP contribution in [0.2, 0.25) is 0 Å². The van der Waals surface area contributed by atoms with Crippen molar-refractivity contribution in [3.63, 3.8) is 0 Å². The predicted molar refractivity (Wildman–Crippen MR) is 85.0 cm³/mol. The van der Waals surface area contributed by atoms with Gasteiger partial charge in [0.2, 0.25) is 0 Å². The molecule has 1 aliphatic rings. The largest absolute Gasteiger partial charge is 0.392 e. The minimum atomic E-state index is -0.263. The molecule has 0 aliphatic carbocycles. The fourth-order valence-corrected chi connectivity index (χ4v) is 3.23. The molecule has 0 radical (unpaired) electrons. The van der Waals surface area contributed by atoms with Crippen molar-refractivity contribution in [1.29, 1.82) is 0 Å². The van der Waals surface area contributed by atoms with Crippen LogP contribution in [0.1, 0.15) is 29.9 Å². The molecule has 3 nitrogen and oxygen atoms in total. The zero-order chi connectivity index (χ0) is 15.5. The maximum absolute atomic E-state index is 13.1. The Hall–Kier alpha value is -1.78. The van der Waals surface area contributed by atoms with Gasteiger partial charge in [0.25, 0.3) is 0 Å². The number of likely N-dealkylation sites (tertiary alicyclic amines) is 1. The molecule has 0 spiro atoms. The quantitative estimate of drug-likeness (QED) is 0.945. The van der Waals surface area contributed by atoms with Gasteiger partial charge in [0.1, 0.15) is 5.82 Å².